The van der Waals surface area contributed by atoms with Gasteiger partial charge in [-0.2, -0.15) is 0 Å². The summed E-state index contributed by atoms with van der Waals surface area (Å²) in [4.78, 5) is 28.4. The van der Waals surface area contributed by atoms with E-state index in [1.807, 2.05) is 53.4 Å². The van der Waals surface area contributed by atoms with E-state index in [9.17, 15) is 9.59 Å². The zero-order chi connectivity index (χ0) is 19.3. The van der Waals surface area contributed by atoms with Gasteiger partial charge in [0.1, 0.15) is 6.04 Å². The second kappa shape index (κ2) is 8.59. The fourth-order valence-electron chi connectivity index (χ4n) is 4.48. The number of fused-ring (bicyclic) bond motifs is 1. The first-order valence-corrected chi connectivity index (χ1v) is 10.5. The monoisotopic (exact) mass is 376 g/mol. The molecule has 1 atom stereocenters. The number of benzene rings is 2. The van der Waals surface area contributed by atoms with Crippen molar-refractivity contribution in [3.63, 3.8) is 0 Å². The van der Waals surface area contributed by atoms with Crippen molar-refractivity contribution < 1.29 is 9.59 Å². The van der Waals surface area contributed by atoms with E-state index in [0.717, 1.165) is 49.8 Å². The van der Waals surface area contributed by atoms with Gasteiger partial charge >= 0.3 is 0 Å². The van der Waals surface area contributed by atoms with Gasteiger partial charge in [0, 0.05) is 18.2 Å². The fraction of sp³-hybridized carbons (Fsp3) is 0.417. The van der Waals surface area contributed by atoms with Crippen LogP contribution >= 0.6 is 0 Å². The number of carbonyl (C=O) groups excluding carboxylic acids is 2. The molecule has 1 saturated carbocycles. The highest BCUT2D eigenvalue weighted by Gasteiger charge is 2.32. The van der Waals surface area contributed by atoms with E-state index in [-0.39, 0.29) is 17.7 Å². The molecule has 0 aromatic heterocycles. The number of carbonyl (C=O) groups is 2. The molecule has 0 bridgehead atoms. The molecule has 2 amide bonds. The summed E-state index contributed by atoms with van der Waals surface area (Å²) >= 11 is 0. The molecular formula is C24H28N2O2. The Morgan fingerprint density at radius 1 is 0.893 bits per heavy atom. The molecule has 2 aromatic carbocycles. The molecule has 1 aliphatic heterocycles. The molecule has 0 spiro atoms. The van der Waals surface area contributed by atoms with Crippen LogP contribution in [0.25, 0.3) is 0 Å². The predicted molar refractivity (Wildman–Crippen MR) is 111 cm³/mol. The van der Waals surface area contributed by atoms with Crippen molar-refractivity contribution in [3.05, 3.63) is 65.7 Å². The van der Waals surface area contributed by atoms with Gasteiger partial charge < -0.3 is 10.2 Å². The van der Waals surface area contributed by atoms with Crippen LogP contribution in [0.3, 0.4) is 0 Å². The van der Waals surface area contributed by atoms with Crippen LogP contribution in [0.1, 0.15) is 55.7 Å². The minimum Gasteiger partial charge on any atom is -0.340 e. The van der Waals surface area contributed by atoms with Crippen molar-refractivity contribution in [1.82, 2.24) is 5.32 Å². The highest BCUT2D eigenvalue weighted by atomic mass is 16.2. The zero-order valence-corrected chi connectivity index (χ0v) is 16.3. The molecule has 146 valence electrons. The first-order valence-electron chi connectivity index (χ1n) is 10.5. The maximum atomic E-state index is 13.6. The van der Waals surface area contributed by atoms with E-state index in [1.54, 1.807) is 0 Å². The third-order valence-corrected chi connectivity index (χ3v) is 6.02. The Balaban J connectivity index is 1.60. The van der Waals surface area contributed by atoms with E-state index in [4.69, 9.17) is 0 Å². The zero-order valence-electron chi connectivity index (χ0n) is 16.3. The minimum atomic E-state index is -0.637. The number of hydrogen-bond donors (Lipinski definition) is 1. The van der Waals surface area contributed by atoms with Crippen molar-refractivity contribution in [2.45, 2.75) is 51.0 Å². The van der Waals surface area contributed by atoms with E-state index in [0.29, 0.717) is 6.54 Å². The Morgan fingerprint density at radius 3 is 2.39 bits per heavy atom. The lowest BCUT2D eigenvalue weighted by atomic mass is 9.88. The number of nitrogens with zero attached hydrogens (tertiary/aromatic N) is 1. The normalized spacial score (nSPS) is 18.2. The van der Waals surface area contributed by atoms with E-state index in [2.05, 4.69) is 11.4 Å². The van der Waals surface area contributed by atoms with Crippen LogP contribution in [-0.2, 0) is 16.0 Å². The molecule has 2 aromatic rings. The van der Waals surface area contributed by atoms with Crippen LogP contribution in [0, 0.1) is 5.92 Å². The molecule has 0 radical (unpaired) electrons. The molecule has 4 nitrogen and oxygen atoms in total. The molecule has 1 heterocycles. The quantitative estimate of drug-likeness (QED) is 0.860. The van der Waals surface area contributed by atoms with Gasteiger partial charge in [0.05, 0.1) is 0 Å². The highest BCUT2D eigenvalue weighted by Crippen LogP contribution is 2.30. The second-order valence-electron chi connectivity index (χ2n) is 7.91. The van der Waals surface area contributed by atoms with Gasteiger partial charge in [0.2, 0.25) is 5.91 Å². The highest BCUT2D eigenvalue weighted by molar-refractivity contribution is 6.00. The number of anilines is 1. The summed E-state index contributed by atoms with van der Waals surface area (Å²) in [6.07, 6.45) is 7.19. The van der Waals surface area contributed by atoms with Gasteiger partial charge in [-0.3, -0.25) is 9.59 Å². The van der Waals surface area contributed by atoms with Crippen LogP contribution in [0.15, 0.2) is 54.6 Å². The topological polar surface area (TPSA) is 49.4 Å². The Kier molecular flexibility index (Phi) is 5.75. The lowest BCUT2D eigenvalue weighted by molar-refractivity contribution is -0.131. The maximum absolute atomic E-state index is 13.6. The summed E-state index contributed by atoms with van der Waals surface area (Å²) in [5.74, 6) is 0.0103. The number of nitrogens with one attached hydrogen (secondary N) is 1. The third-order valence-electron chi connectivity index (χ3n) is 6.02. The Hall–Kier alpha value is -2.62. The standard InChI is InChI=1S/C24H28N2O2/c27-23(20-13-5-2-6-14-20)25-22(19-11-3-1-4-12-19)24(28)26-17-9-15-18-10-7-8-16-21(18)26/h1,3-4,7-8,10-12,16,20,22H,2,5-6,9,13-15,17H2,(H,25,27). The third kappa shape index (κ3) is 3.96. The van der Waals surface area contributed by atoms with Crippen molar-refractivity contribution in [3.8, 4) is 0 Å². The molecule has 0 saturated heterocycles. The SMILES string of the molecule is O=C(NC(C(=O)N1CCCc2ccccc21)c1ccccc1)C1CCCCC1. The predicted octanol–water partition coefficient (Wildman–Crippen LogP) is 4.40. The van der Waals surface area contributed by atoms with Crippen LogP contribution in [0.5, 0.6) is 0 Å². The molecule has 1 fully saturated rings. The summed E-state index contributed by atoms with van der Waals surface area (Å²) in [6, 6.07) is 17.1. The van der Waals surface area contributed by atoms with E-state index < -0.39 is 6.04 Å². The molecular weight excluding hydrogens is 348 g/mol. The van der Waals surface area contributed by atoms with Crippen LogP contribution in [-0.4, -0.2) is 18.4 Å². The van der Waals surface area contributed by atoms with Gasteiger partial charge in [0.25, 0.3) is 5.91 Å². The summed E-state index contributed by atoms with van der Waals surface area (Å²) in [5, 5.41) is 3.10. The van der Waals surface area contributed by atoms with E-state index in [1.165, 1.54) is 12.0 Å². The number of amides is 2. The van der Waals surface area contributed by atoms with E-state index >= 15 is 0 Å². The van der Waals surface area contributed by atoms with Gasteiger partial charge in [-0.05, 0) is 42.9 Å². The van der Waals surface area contributed by atoms with Gasteiger partial charge in [0.15, 0.2) is 0 Å². The number of aryl methyl sites for hydroxylation is 1. The maximum Gasteiger partial charge on any atom is 0.254 e. The first kappa shape index (κ1) is 18.7. The van der Waals surface area contributed by atoms with Crippen molar-refractivity contribution in [1.29, 1.82) is 0 Å². The molecule has 4 heteroatoms. The summed E-state index contributed by atoms with van der Waals surface area (Å²) in [5.41, 5.74) is 3.03. The molecule has 28 heavy (non-hydrogen) atoms. The van der Waals surface area contributed by atoms with Crippen LogP contribution in [0.2, 0.25) is 0 Å². The van der Waals surface area contributed by atoms with Crippen molar-refractivity contribution in [2.75, 3.05) is 11.4 Å². The smallest absolute Gasteiger partial charge is 0.254 e. The van der Waals surface area contributed by atoms with Crippen molar-refractivity contribution >= 4 is 17.5 Å². The minimum absolute atomic E-state index is 0.0206. The molecule has 1 aliphatic carbocycles. The summed E-state index contributed by atoms with van der Waals surface area (Å²) in [6.45, 7) is 0.693. The van der Waals surface area contributed by atoms with Crippen molar-refractivity contribution in [2.24, 2.45) is 5.92 Å². The van der Waals surface area contributed by atoms with Crippen LogP contribution in [0.4, 0.5) is 5.69 Å². The summed E-state index contributed by atoms with van der Waals surface area (Å²) in [7, 11) is 0. The van der Waals surface area contributed by atoms with Crippen LogP contribution < -0.4 is 10.2 Å². The van der Waals surface area contributed by atoms with Gasteiger partial charge in [-0.1, -0.05) is 67.8 Å². The molecule has 4 rings (SSSR count). The molecule has 1 unspecified atom stereocenters. The Labute approximate surface area is 166 Å². The average molecular weight is 377 g/mol. The van der Waals surface area contributed by atoms with Gasteiger partial charge in [-0.25, -0.2) is 0 Å². The lowest BCUT2D eigenvalue weighted by Gasteiger charge is -2.33. The lowest BCUT2D eigenvalue weighted by Crippen LogP contribution is -2.46. The number of rotatable bonds is 4. The largest absolute Gasteiger partial charge is 0.340 e. The number of para-hydroxylation sites is 1. The molecule has 2 aliphatic rings. The fourth-order valence-corrected chi connectivity index (χ4v) is 4.48. The second-order valence-corrected chi connectivity index (χ2v) is 7.91. The molecule has 1 N–H and O–H groups in total. The Bertz CT molecular complexity index is 828. The Morgan fingerprint density at radius 2 is 1.61 bits per heavy atom. The summed E-state index contributed by atoms with van der Waals surface area (Å²) < 4.78 is 0. The van der Waals surface area contributed by atoms with Gasteiger partial charge in [-0.15, -0.1) is 0 Å². The number of hydrogen-bond acceptors (Lipinski definition) is 2. The first-order chi connectivity index (χ1) is 13.7. The average Bonchev–Trinajstić information content (AvgIpc) is 2.77.